The van der Waals surface area contributed by atoms with E-state index >= 15 is 0 Å². The van der Waals surface area contributed by atoms with E-state index in [2.05, 4.69) is 10.6 Å². The average Bonchev–Trinajstić information content (AvgIpc) is 3.10. The van der Waals surface area contributed by atoms with Crippen LogP contribution < -0.4 is 22.1 Å². The molecule has 7 N–H and O–H groups in total. The lowest BCUT2D eigenvalue weighted by molar-refractivity contribution is -0.141. The van der Waals surface area contributed by atoms with Gasteiger partial charge in [0.15, 0.2) is 0 Å². The zero-order valence-corrected chi connectivity index (χ0v) is 16.1. The maximum absolute atomic E-state index is 12.7. The van der Waals surface area contributed by atoms with Crippen molar-refractivity contribution in [3.63, 3.8) is 0 Å². The molecule has 1 rings (SSSR count). The zero-order chi connectivity index (χ0) is 21.4. The molecule has 1 aliphatic rings. The summed E-state index contributed by atoms with van der Waals surface area (Å²) < 4.78 is 0. The van der Waals surface area contributed by atoms with Gasteiger partial charge in [0.05, 0.1) is 6.04 Å². The Morgan fingerprint density at radius 2 is 1.86 bits per heavy atom. The third-order valence-electron chi connectivity index (χ3n) is 4.52. The standard InChI is InChI=1S/C17H29N5O6/c1-9(2)14(16(27)20-8-13(24)25)21-15(26)11-4-3-7-22(11)17(28)10(18)5-6-12(19)23/h9-11,14H,3-8,18H2,1-2H3,(H2,19,23)(H,20,27)(H,21,26)(H,24,25). The van der Waals surface area contributed by atoms with Crippen LogP contribution in [0, 0.1) is 5.92 Å². The van der Waals surface area contributed by atoms with E-state index in [9.17, 15) is 24.0 Å². The minimum atomic E-state index is -1.19. The number of carbonyl (C=O) groups is 5. The van der Waals surface area contributed by atoms with Gasteiger partial charge in [0.2, 0.25) is 23.6 Å². The number of hydrogen-bond donors (Lipinski definition) is 5. The highest BCUT2D eigenvalue weighted by molar-refractivity contribution is 5.94. The first-order valence-corrected chi connectivity index (χ1v) is 9.18. The van der Waals surface area contributed by atoms with Gasteiger partial charge >= 0.3 is 5.97 Å². The summed E-state index contributed by atoms with van der Waals surface area (Å²) in [5, 5.41) is 13.5. The van der Waals surface area contributed by atoms with Crippen molar-refractivity contribution < 1.29 is 29.1 Å². The smallest absolute Gasteiger partial charge is 0.322 e. The average molecular weight is 399 g/mol. The van der Waals surface area contributed by atoms with Crippen molar-refractivity contribution in [2.24, 2.45) is 17.4 Å². The van der Waals surface area contributed by atoms with Crippen LogP contribution in [0.5, 0.6) is 0 Å². The number of aliphatic carboxylic acids is 1. The maximum Gasteiger partial charge on any atom is 0.322 e. The topological polar surface area (TPSA) is 185 Å². The maximum atomic E-state index is 12.7. The van der Waals surface area contributed by atoms with Crippen LogP contribution in [0.3, 0.4) is 0 Å². The highest BCUT2D eigenvalue weighted by Gasteiger charge is 2.38. The molecule has 1 fully saturated rings. The summed E-state index contributed by atoms with van der Waals surface area (Å²) in [5.41, 5.74) is 10.9. The highest BCUT2D eigenvalue weighted by Crippen LogP contribution is 2.19. The third kappa shape index (κ3) is 6.80. The van der Waals surface area contributed by atoms with E-state index in [0.29, 0.717) is 19.4 Å². The summed E-state index contributed by atoms with van der Waals surface area (Å²) in [7, 11) is 0. The summed E-state index contributed by atoms with van der Waals surface area (Å²) in [6.45, 7) is 3.21. The Morgan fingerprint density at radius 3 is 2.39 bits per heavy atom. The van der Waals surface area contributed by atoms with Crippen molar-refractivity contribution in [3.8, 4) is 0 Å². The largest absolute Gasteiger partial charge is 0.480 e. The van der Waals surface area contributed by atoms with Crippen LogP contribution in [-0.2, 0) is 24.0 Å². The fourth-order valence-corrected chi connectivity index (χ4v) is 2.99. The molecule has 1 saturated heterocycles. The number of primary amides is 1. The molecule has 4 amide bonds. The van der Waals surface area contributed by atoms with Gasteiger partial charge in [0.25, 0.3) is 0 Å². The highest BCUT2D eigenvalue weighted by atomic mass is 16.4. The number of likely N-dealkylation sites (tertiary alicyclic amines) is 1. The van der Waals surface area contributed by atoms with Gasteiger partial charge in [-0.3, -0.25) is 24.0 Å². The predicted molar refractivity (Wildman–Crippen MR) is 98.6 cm³/mol. The molecule has 11 heteroatoms. The van der Waals surface area contributed by atoms with Crippen LogP contribution in [0.1, 0.15) is 39.5 Å². The number of hydrogen-bond acceptors (Lipinski definition) is 6. The summed E-state index contributed by atoms with van der Waals surface area (Å²) >= 11 is 0. The molecule has 0 aromatic rings. The van der Waals surface area contributed by atoms with Crippen molar-refractivity contribution in [3.05, 3.63) is 0 Å². The van der Waals surface area contributed by atoms with Crippen LogP contribution >= 0.6 is 0 Å². The number of carboxylic acids is 1. The second kappa shape index (κ2) is 10.6. The number of amides is 4. The Kier molecular flexibility index (Phi) is 8.83. The normalized spacial score (nSPS) is 18.4. The number of carboxylic acid groups (broad SMARTS) is 1. The lowest BCUT2D eigenvalue weighted by Crippen LogP contribution is -2.56. The molecule has 0 spiro atoms. The van der Waals surface area contributed by atoms with Gasteiger partial charge in [-0.25, -0.2) is 0 Å². The summed E-state index contributed by atoms with van der Waals surface area (Å²) in [6.07, 6.45) is 1.08. The third-order valence-corrected chi connectivity index (χ3v) is 4.52. The molecule has 1 heterocycles. The van der Waals surface area contributed by atoms with E-state index in [0.717, 1.165) is 0 Å². The van der Waals surface area contributed by atoms with Crippen molar-refractivity contribution >= 4 is 29.6 Å². The Balaban J connectivity index is 2.76. The summed E-state index contributed by atoms with van der Waals surface area (Å²) in [4.78, 5) is 60.2. The summed E-state index contributed by atoms with van der Waals surface area (Å²) in [5.74, 6) is -3.61. The van der Waals surface area contributed by atoms with E-state index in [1.165, 1.54) is 4.90 Å². The molecule has 1 aliphatic heterocycles. The molecule has 0 aromatic heterocycles. The van der Waals surface area contributed by atoms with Crippen LogP contribution in [0.4, 0.5) is 0 Å². The molecule has 0 bridgehead atoms. The van der Waals surface area contributed by atoms with Crippen molar-refractivity contribution in [1.29, 1.82) is 0 Å². The first-order valence-electron chi connectivity index (χ1n) is 9.18. The van der Waals surface area contributed by atoms with Gasteiger partial charge in [-0.05, 0) is 25.2 Å². The SMILES string of the molecule is CC(C)C(NC(=O)C1CCCN1C(=O)C(N)CCC(N)=O)C(=O)NCC(=O)O. The minimum absolute atomic E-state index is 0.0310. The fraction of sp³-hybridized carbons (Fsp3) is 0.706. The molecule has 158 valence electrons. The van der Waals surface area contributed by atoms with E-state index in [4.69, 9.17) is 16.6 Å². The molecular weight excluding hydrogens is 370 g/mol. The van der Waals surface area contributed by atoms with Crippen LogP contribution in [0.15, 0.2) is 0 Å². The van der Waals surface area contributed by atoms with E-state index in [-0.39, 0.29) is 18.8 Å². The molecule has 3 atom stereocenters. The number of nitrogens with zero attached hydrogens (tertiary/aromatic N) is 1. The lowest BCUT2D eigenvalue weighted by Gasteiger charge is -2.29. The van der Waals surface area contributed by atoms with Crippen molar-refractivity contribution in [1.82, 2.24) is 15.5 Å². The Bertz CT molecular complexity index is 623. The molecule has 0 aromatic carbocycles. The molecule has 0 radical (unpaired) electrons. The van der Waals surface area contributed by atoms with Crippen LogP contribution in [0.2, 0.25) is 0 Å². The molecular formula is C17H29N5O6. The fourth-order valence-electron chi connectivity index (χ4n) is 2.99. The van der Waals surface area contributed by atoms with E-state index < -0.39 is 54.3 Å². The first kappa shape index (κ1) is 23.3. The van der Waals surface area contributed by atoms with Crippen LogP contribution in [0.25, 0.3) is 0 Å². The van der Waals surface area contributed by atoms with E-state index in [1.54, 1.807) is 13.8 Å². The first-order chi connectivity index (χ1) is 13.0. The van der Waals surface area contributed by atoms with Gasteiger partial charge in [-0.2, -0.15) is 0 Å². The number of rotatable bonds is 10. The number of carbonyl (C=O) groups excluding carboxylic acids is 4. The van der Waals surface area contributed by atoms with Gasteiger partial charge in [0.1, 0.15) is 18.6 Å². The van der Waals surface area contributed by atoms with E-state index in [1.807, 2.05) is 0 Å². The quantitative estimate of drug-likeness (QED) is 0.279. The molecule has 28 heavy (non-hydrogen) atoms. The molecule has 11 nitrogen and oxygen atoms in total. The second-order valence-electron chi connectivity index (χ2n) is 7.14. The molecule has 3 unspecified atom stereocenters. The number of nitrogens with one attached hydrogen (secondary N) is 2. The second-order valence-corrected chi connectivity index (χ2v) is 7.14. The van der Waals surface area contributed by atoms with Gasteiger partial charge in [0, 0.05) is 13.0 Å². The van der Waals surface area contributed by atoms with Crippen molar-refractivity contribution in [2.45, 2.75) is 57.7 Å². The van der Waals surface area contributed by atoms with Gasteiger partial charge in [-0.15, -0.1) is 0 Å². The molecule has 0 aliphatic carbocycles. The predicted octanol–water partition coefficient (Wildman–Crippen LogP) is -2.09. The summed E-state index contributed by atoms with van der Waals surface area (Å²) in [6, 6.07) is -2.66. The Labute approximate surface area is 163 Å². The van der Waals surface area contributed by atoms with Crippen molar-refractivity contribution in [2.75, 3.05) is 13.1 Å². The molecule has 0 saturated carbocycles. The zero-order valence-electron chi connectivity index (χ0n) is 16.1. The van der Waals surface area contributed by atoms with Gasteiger partial charge < -0.3 is 32.1 Å². The lowest BCUT2D eigenvalue weighted by atomic mass is 10.0. The Hall–Kier alpha value is -2.69. The number of nitrogens with two attached hydrogens (primary N) is 2. The van der Waals surface area contributed by atoms with Crippen LogP contribution in [-0.4, -0.2) is 70.8 Å². The monoisotopic (exact) mass is 399 g/mol. The Morgan fingerprint density at radius 1 is 1.21 bits per heavy atom. The minimum Gasteiger partial charge on any atom is -0.480 e. The van der Waals surface area contributed by atoms with Gasteiger partial charge in [-0.1, -0.05) is 13.8 Å².